The lowest BCUT2D eigenvalue weighted by atomic mass is 9.98. The highest BCUT2D eigenvalue weighted by molar-refractivity contribution is 8.11. The van der Waals surface area contributed by atoms with Crippen molar-refractivity contribution in [2.45, 2.75) is 34.7 Å². The Bertz CT molecular complexity index is 739. The van der Waals surface area contributed by atoms with Crippen LogP contribution in [-0.4, -0.2) is 45.1 Å². The predicted octanol–water partition coefficient (Wildman–Crippen LogP) is 0.946. The molecule has 2 heterocycles. The lowest BCUT2D eigenvalue weighted by molar-refractivity contribution is -0.00890. The van der Waals surface area contributed by atoms with Gasteiger partial charge < -0.3 is 4.74 Å². The molecule has 3 rings (SSSR count). The molecule has 0 amide bonds. The van der Waals surface area contributed by atoms with Crippen molar-refractivity contribution in [3.8, 4) is 0 Å². The summed E-state index contributed by atoms with van der Waals surface area (Å²) < 4.78 is 53.8. The SMILES string of the molecule is CS(=O)(=O)C1(Cc2ccccc2)C2OCCCC2S1(=O)=O. The van der Waals surface area contributed by atoms with Gasteiger partial charge in [-0.1, -0.05) is 30.3 Å². The molecule has 0 aromatic heterocycles. The summed E-state index contributed by atoms with van der Waals surface area (Å²) in [5, 5.41) is -0.676. The van der Waals surface area contributed by atoms with E-state index in [1.807, 2.05) is 6.07 Å². The molecule has 0 saturated carbocycles. The number of rotatable bonds is 3. The quantitative estimate of drug-likeness (QED) is 0.824. The molecule has 0 radical (unpaired) electrons. The third kappa shape index (κ3) is 1.98. The first kappa shape index (κ1) is 15.0. The van der Waals surface area contributed by atoms with E-state index in [1.165, 1.54) is 0 Å². The van der Waals surface area contributed by atoms with E-state index < -0.39 is 35.1 Å². The molecule has 7 heteroatoms. The molecule has 0 N–H and O–H groups in total. The van der Waals surface area contributed by atoms with Crippen molar-refractivity contribution in [3.63, 3.8) is 0 Å². The molecule has 1 aromatic rings. The summed E-state index contributed by atoms with van der Waals surface area (Å²) >= 11 is 0. The maximum Gasteiger partial charge on any atom is 0.204 e. The van der Waals surface area contributed by atoms with Crippen LogP contribution in [0.25, 0.3) is 0 Å². The zero-order chi connectivity index (χ0) is 15.3. The Morgan fingerprint density at radius 3 is 2.57 bits per heavy atom. The van der Waals surface area contributed by atoms with Crippen LogP contribution in [0, 0.1) is 0 Å². The Labute approximate surface area is 125 Å². The second kappa shape index (κ2) is 4.79. The number of sulfone groups is 2. The van der Waals surface area contributed by atoms with Gasteiger partial charge >= 0.3 is 0 Å². The lowest BCUT2D eigenvalue weighted by Gasteiger charge is -2.53. The van der Waals surface area contributed by atoms with Crippen molar-refractivity contribution >= 4 is 19.7 Å². The van der Waals surface area contributed by atoms with Gasteiger partial charge in [0.15, 0.2) is 19.7 Å². The number of hydrogen-bond acceptors (Lipinski definition) is 5. The number of benzene rings is 1. The number of fused-ring (bicyclic) bond motifs is 1. The molecule has 0 aliphatic carbocycles. The Hall–Kier alpha value is -0.920. The Morgan fingerprint density at radius 1 is 1.29 bits per heavy atom. The fraction of sp³-hybridized carbons (Fsp3) is 0.571. The van der Waals surface area contributed by atoms with Crippen LogP contribution in [-0.2, 0) is 30.8 Å². The first-order valence-corrected chi connectivity index (χ1v) is 10.3. The average molecular weight is 330 g/mol. The molecule has 0 bridgehead atoms. The van der Waals surface area contributed by atoms with Crippen molar-refractivity contribution < 1.29 is 21.6 Å². The average Bonchev–Trinajstić information content (AvgIpc) is 2.44. The van der Waals surface area contributed by atoms with Crippen LogP contribution >= 0.6 is 0 Å². The molecule has 116 valence electrons. The smallest absolute Gasteiger partial charge is 0.204 e. The van der Waals surface area contributed by atoms with Crippen LogP contribution < -0.4 is 0 Å². The van der Waals surface area contributed by atoms with Gasteiger partial charge in [-0.05, 0) is 18.4 Å². The summed E-state index contributed by atoms with van der Waals surface area (Å²) in [7, 11) is -7.57. The molecule has 3 unspecified atom stereocenters. The fourth-order valence-corrected chi connectivity index (χ4v) is 9.01. The van der Waals surface area contributed by atoms with E-state index in [0.29, 0.717) is 25.0 Å². The van der Waals surface area contributed by atoms with Crippen LogP contribution in [0.2, 0.25) is 0 Å². The van der Waals surface area contributed by atoms with E-state index in [9.17, 15) is 16.8 Å². The highest BCUT2D eigenvalue weighted by Gasteiger charge is 2.74. The van der Waals surface area contributed by atoms with Crippen molar-refractivity contribution in [1.29, 1.82) is 0 Å². The van der Waals surface area contributed by atoms with Crippen LogP contribution in [0.1, 0.15) is 18.4 Å². The summed E-state index contributed by atoms with van der Waals surface area (Å²) in [5.41, 5.74) is 0.694. The Balaban J connectivity index is 2.11. The zero-order valence-electron chi connectivity index (χ0n) is 11.7. The van der Waals surface area contributed by atoms with Crippen molar-refractivity contribution in [3.05, 3.63) is 35.9 Å². The number of hydrogen-bond donors (Lipinski definition) is 0. The predicted molar refractivity (Wildman–Crippen MR) is 79.4 cm³/mol. The van der Waals surface area contributed by atoms with Gasteiger partial charge in [0.1, 0.15) is 6.10 Å². The maximum atomic E-state index is 12.7. The van der Waals surface area contributed by atoms with E-state index in [-0.39, 0.29) is 6.42 Å². The largest absolute Gasteiger partial charge is 0.374 e. The van der Waals surface area contributed by atoms with Crippen LogP contribution in [0.3, 0.4) is 0 Å². The summed E-state index contributed by atoms with van der Waals surface area (Å²) in [6.07, 6.45) is 1.36. The maximum absolute atomic E-state index is 12.7. The number of ether oxygens (including phenoxy) is 1. The molecule has 3 atom stereocenters. The first-order chi connectivity index (χ1) is 9.81. The Kier molecular flexibility index (Phi) is 3.42. The summed E-state index contributed by atoms with van der Waals surface area (Å²) in [6, 6.07) is 8.86. The van der Waals surface area contributed by atoms with Crippen molar-refractivity contribution in [2.75, 3.05) is 12.9 Å². The molecule has 2 saturated heterocycles. The van der Waals surface area contributed by atoms with E-state index >= 15 is 0 Å². The summed E-state index contributed by atoms with van der Waals surface area (Å²) in [4.78, 5) is 0. The van der Waals surface area contributed by atoms with Gasteiger partial charge in [0.05, 0.1) is 5.25 Å². The molecular weight excluding hydrogens is 312 g/mol. The highest BCUT2D eigenvalue weighted by atomic mass is 32.3. The van der Waals surface area contributed by atoms with Crippen LogP contribution in [0.5, 0.6) is 0 Å². The molecule has 0 spiro atoms. The topological polar surface area (TPSA) is 77.5 Å². The first-order valence-electron chi connectivity index (χ1n) is 6.89. The molecule has 2 aliphatic heterocycles. The van der Waals surface area contributed by atoms with E-state index in [2.05, 4.69) is 0 Å². The standard InChI is InChI=1S/C14H18O5S2/c1-20(15,16)14(10-11-6-3-2-4-7-11)13-12(21(14,17)18)8-5-9-19-13/h2-4,6-7,12-13H,5,8-10H2,1H3. The van der Waals surface area contributed by atoms with Crippen molar-refractivity contribution in [2.24, 2.45) is 0 Å². The van der Waals surface area contributed by atoms with Gasteiger partial charge in [0.25, 0.3) is 0 Å². The van der Waals surface area contributed by atoms with E-state index in [0.717, 1.165) is 6.26 Å². The zero-order valence-corrected chi connectivity index (χ0v) is 13.4. The van der Waals surface area contributed by atoms with Gasteiger partial charge in [0, 0.05) is 19.3 Å². The minimum atomic E-state index is -3.82. The second-order valence-corrected chi connectivity index (χ2v) is 10.7. The molecule has 2 fully saturated rings. The van der Waals surface area contributed by atoms with Crippen LogP contribution in [0.4, 0.5) is 0 Å². The summed E-state index contributed by atoms with van der Waals surface area (Å²) in [5.74, 6) is 0. The van der Waals surface area contributed by atoms with Crippen molar-refractivity contribution in [1.82, 2.24) is 0 Å². The fourth-order valence-electron chi connectivity index (χ4n) is 3.46. The van der Waals surface area contributed by atoms with Gasteiger partial charge in [-0.25, -0.2) is 16.8 Å². The third-order valence-electron chi connectivity index (χ3n) is 4.50. The Morgan fingerprint density at radius 2 is 1.95 bits per heavy atom. The van der Waals surface area contributed by atoms with Gasteiger partial charge in [0.2, 0.25) is 4.08 Å². The normalized spacial score (nSPS) is 34.7. The molecule has 1 aromatic carbocycles. The second-order valence-electron chi connectivity index (χ2n) is 5.76. The van der Waals surface area contributed by atoms with Gasteiger partial charge in [-0.3, -0.25) is 0 Å². The summed E-state index contributed by atoms with van der Waals surface area (Å²) in [6.45, 7) is 0.419. The van der Waals surface area contributed by atoms with E-state index in [1.54, 1.807) is 24.3 Å². The molecule has 2 aliphatic rings. The van der Waals surface area contributed by atoms with E-state index in [4.69, 9.17) is 4.74 Å². The van der Waals surface area contributed by atoms with Gasteiger partial charge in [-0.15, -0.1) is 0 Å². The monoisotopic (exact) mass is 330 g/mol. The minimum absolute atomic E-state index is 0.0455. The molecule has 21 heavy (non-hydrogen) atoms. The van der Waals surface area contributed by atoms with Crippen LogP contribution in [0.15, 0.2) is 30.3 Å². The third-order valence-corrected chi connectivity index (χ3v) is 10.4. The molecule has 5 nitrogen and oxygen atoms in total. The molecular formula is C14H18O5S2. The lowest BCUT2D eigenvalue weighted by Crippen LogP contribution is -2.75. The van der Waals surface area contributed by atoms with Gasteiger partial charge in [-0.2, -0.15) is 0 Å². The minimum Gasteiger partial charge on any atom is -0.374 e. The highest BCUT2D eigenvalue weighted by Crippen LogP contribution is 2.51.